The summed E-state index contributed by atoms with van der Waals surface area (Å²) in [6.07, 6.45) is 0.811. The first-order chi connectivity index (χ1) is 16.8. The largest absolute Gasteiger partial charge is 0.493 e. The number of nitrogens with zero attached hydrogens (tertiary/aromatic N) is 4. The van der Waals surface area contributed by atoms with Crippen molar-refractivity contribution in [2.45, 2.75) is 25.2 Å². The minimum atomic E-state index is -0.930. The second-order valence-electron chi connectivity index (χ2n) is 7.35. The predicted molar refractivity (Wildman–Crippen MR) is 135 cm³/mol. The Labute approximate surface area is 214 Å². The van der Waals surface area contributed by atoms with E-state index in [0.29, 0.717) is 37.9 Å². The number of aromatic nitrogens is 3. The number of methoxy groups -OCH3 is 1. The molecular weight excluding hydrogens is 536 g/mol. The Morgan fingerprint density at radius 3 is 2.71 bits per heavy atom. The van der Waals surface area contributed by atoms with E-state index in [1.807, 2.05) is 24.3 Å². The summed E-state index contributed by atoms with van der Waals surface area (Å²) < 4.78 is 17.6. The van der Waals surface area contributed by atoms with Crippen LogP contribution in [-0.4, -0.2) is 39.9 Å². The van der Waals surface area contributed by atoms with Gasteiger partial charge in [0.05, 0.1) is 17.3 Å². The molecule has 4 rings (SSSR count). The van der Waals surface area contributed by atoms with Crippen molar-refractivity contribution in [1.82, 2.24) is 15.2 Å². The molecule has 0 aliphatic carbocycles. The normalized spacial score (nSPS) is 14.2. The van der Waals surface area contributed by atoms with Gasteiger partial charge >= 0.3 is 5.97 Å². The number of ether oxygens (including phenoxy) is 3. The number of thioether (sulfide) groups is 1. The summed E-state index contributed by atoms with van der Waals surface area (Å²) in [4.78, 5) is 30.6. The number of esters is 1. The van der Waals surface area contributed by atoms with E-state index in [0.717, 1.165) is 0 Å². The molecule has 1 atom stereocenters. The van der Waals surface area contributed by atoms with E-state index >= 15 is 0 Å². The molecule has 0 saturated heterocycles. The highest BCUT2D eigenvalue weighted by Gasteiger charge is 2.35. The quantitative estimate of drug-likeness (QED) is 0.180. The second-order valence-corrected chi connectivity index (χ2v) is 9.19. The summed E-state index contributed by atoms with van der Waals surface area (Å²) in [6, 6.07) is 10.7. The standard InChI is InChI=1S/C24H21BrN4O5S/c1-5-10-35-24-26-22-20(27-28-24)16-8-6-7-9-18(16)29(13(2)30)23(34-22)15-11-17(25)21(33-14(3)31)19(12-15)32-4/h5-9,11-12,23H,1,10H2,2-4H3/t23-/m0/s1. The molecule has 180 valence electrons. The van der Waals surface area contributed by atoms with Crippen molar-refractivity contribution >= 4 is 45.3 Å². The SMILES string of the molecule is C=CCSc1nnc2c(n1)O[C@@H](c1cc(Br)c(OC(C)=O)c(OC)c1)N(C(C)=O)c1ccccc1-2. The van der Waals surface area contributed by atoms with E-state index in [2.05, 4.69) is 37.7 Å². The fourth-order valence-electron chi connectivity index (χ4n) is 3.59. The van der Waals surface area contributed by atoms with Gasteiger partial charge in [-0.2, -0.15) is 4.98 Å². The number of hydrogen-bond donors (Lipinski definition) is 0. The van der Waals surface area contributed by atoms with Crippen molar-refractivity contribution in [3.63, 3.8) is 0 Å². The highest BCUT2D eigenvalue weighted by atomic mass is 79.9. The van der Waals surface area contributed by atoms with Crippen molar-refractivity contribution < 1.29 is 23.8 Å². The lowest BCUT2D eigenvalue weighted by Gasteiger charge is -2.30. The van der Waals surface area contributed by atoms with Crippen molar-refractivity contribution in [1.29, 1.82) is 0 Å². The maximum absolute atomic E-state index is 13.0. The third-order valence-electron chi connectivity index (χ3n) is 4.96. The smallest absolute Gasteiger partial charge is 0.308 e. The Balaban J connectivity index is 1.92. The highest BCUT2D eigenvalue weighted by Crippen LogP contribution is 2.46. The Kier molecular flexibility index (Phi) is 7.37. The Hall–Kier alpha value is -3.44. The zero-order valence-electron chi connectivity index (χ0n) is 19.1. The van der Waals surface area contributed by atoms with E-state index in [1.165, 1.54) is 37.6 Å². The molecule has 35 heavy (non-hydrogen) atoms. The van der Waals surface area contributed by atoms with Crippen LogP contribution in [-0.2, 0) is 9.59 Å². The fourth-order valence-corrected chi connectivity index (χ4v) is 4.64. The molecule has 1 aliphatic rings. The summed E-state index contributed by atoms with van der Waals surface area (Å²) in [5.74, 6) is 0.581. The van der Waals surface area contributed by atoms with Crippen molar-refractivity contribution in [2.75, 3.05) is 17.8 Å². The molecule has 0 unspecified atom stereocenters. The monoisotopic (exact) mass is 556 g/mol. The summed E-state index contributed by atoms with van der Waals surface area (Å²) in [5.41, 5.74) is 2.22. The predicted octanol–water partition coefficient (Wildman–Crippen LogP) is 4.96. The van der Waals surface area contributed by atoms with Crippen LogP contribution in [0.3, 0.4) is 0 Å². The van der Waals surface area contributed by atoms with Gasteiger partial charge < -0.3 is 14.2 Å². The minimum absolute atomic E-state index is 0.222. The number of rotatable bonds is 6. The Bertz CT molecular complexity index is 1320. The molecule has 1 amide bonds. The van der Waals surface area contributed by atoms with Crippen LogP contribution >= 0.6 is 27.7 Å². The minimum Gasteiger partial charge on any atom is -0.493 e. The van der Waals surface area contributed by atoms with Crippen LogP contribution in [0.25, 0.3) is 11.3 Å². The first kappa shape index (κ1) is 24.7. The summed E-state index contributed by atoms with van der Waals surface area (Å²) in [5, 5.41) is 9.00. The van der Waals surface area contributed by atoms with Crippen LogP contribution in [0.1, 0.15) is 25.6 Å². The molecule has 1 aliphatic heterocycles. The number of halogens is 1. The molecule has 2 heterocycles. The third-order valence-corrected chi connectivity index (χ3v) is 6.39. The van der Waals surface area contributed by atoms with Crippen LogP contribution in [0, 0.1) is 0 Å². The zero-order valence-corrected chi connectivity index (χ0v) is 21.6. The molecular formula is C24H21BrN4O5S. The van der Waals surface area contributed by atoms with Gasteiger partial charge in [-0.3, -0.25) is 14.5 Å². The number of amides is 1. The van der Waals surface area contributed by atoms with E-state index in [-0.39, 0.29) is 23.3 Å². The average molecular weight is 557 g/mol. The van der Waals surface area contributed by atoms with E-state index < -0.39 is 12.2 Å². The van der Waals surface area contributed by atoms with Gasteiger partial charge in [0.15, 0.2) is 17.2 Å². The molecule has 0 saturated carbocycles. The summed E-state index contributed by atoms with van der Waals surface area (Å²) in [6.45, 7) is 6.47. The third kappa shape index (κ3) is 5.01. The first-order valence-electron chi connectivity index (χ1n) is 10.4. The topological polar surface area (TPSA) is 104 Å². The summed E-state index contributed by atoms with van der Waals surface area (Å²) >= 11 is 4.81. The number of benzene rings is 2. The highest BCUT2D eigenvalue weighted by molar-refractivity contribution is 9.10. The van der Waals surface area contributed by atoms with Crippen LogP contribution in [0.4, 0.5) is 5.69 Å². The van der Waals surface area contributed by atoms with E-state index in [4.69, 9.17) is 14.2 Å². The van der Waals surface area contributed by atoms with E-state index in [1.54, 1.807) is 18.2 Å². The Morgan fingerprint density at radius 2 is 2.03 bits per heavy atom. The second kappa shape index (κ2) is 10.4. The molecule has 0 N–H and O–H groups in total. The van der Waals surface area contributed by atoms with Crippen LogP contribution < -0.4 is 19.1 Å². The number of carbonyl (C=O) groups excluding carboxylic acids is 2. The number of fused-ring (bicyclic) bond motifs is 3. The zero-order chi connectivity index (χ0) is 25.1. The molecule has 0 radical (unpaired) electrons. The average Bonchev–Trinajstić information content (AvgIpc) is 2.98. The molecule has 1 aromatic heterocycles. The molecule has 9 nitrogen and oxygen atoms in total. The fraction of sp³-hybridized carbons (Fsp3) is 0.208. The van der Waals surface area contributed by atoms with Crippen molar-refractivity contribution in [2.24, 2.45) is 0 Å². The number of para-hydroxylation sites is 1. The van der Waals surface area contributed by atoms with Crippen LogP contribution in [0.5, 0.6) is 17.4 Å². The van der Waals surface area contributed by atoms with Gasteiger partial charge in [0.25, 0.3) is 0 Å². The summed E-state index contributed by atoms with van der Waals surface area (Å²) in [7, 11) is 1.46. The molecule has 11 heteroatoms. The first-order valence-corrected chi connectivity index (χ1v) is 12.2. The van der Waals surface area contributed by atoms with Crippen LogP contribution in [0.15, 0.2) is 58.7 Å². The lowest BCUT2D eigenvalue weighted by molar-refractivity contribution is -0.132. The van der Waals surface area contributed by atoms with E-state index in [9.17, 15) is 9.59 Å². The maximum atomic E-state index is 13.0. The lowest BCUT2D eigenvalue weighted by atomic mass is 10.1. The van der Waals surface area contributed by atoms with Gasteiger partial charge in [-0.1, -0.05) is 36.0 Å². The molecule has 0 spiro atoms. The van der Waals surface area contributed by atoms with Gasteiger partial charge in [0, 0.05) is 30.7 Å². The lowest BCUT2D eigenvalue weighted by Crippen LogP contribution is -2.36. The van der Waals surface area contributed by atoms with Crippen molar-refractivity contribution in [3.05, 3.63) is 59.1 Å². The molecule has 0 fully saturated rings. The molecule has 2 aromatic carbocycles. The number of carbonyl (C=O) groups is 2. The van der Waals surface area contributed by atoms with Gasteiger partial charge in [-0.05, 0) is 34.1 Å². The van der Waals surface area contributed by atoms with Gasteiger partial charge in [0.2, 0.25) is 23.2 Å². The van der Waals surface area contributed by atoms with Gasteiger partial charge in [0.1, 0.15) is 0 Å². The molecule has 0 bridgehead atoms. The van der Waals surface area contributed by atoms with Crippen LogP contribution in [0.2, 0.25) is 0 Å². The molecule has 3 aromatic rings. The van der Waals surface area contributed by atoms with Gasteiger partial charge in [-0.25, -0.2) is 0 Å². The maximum Gasteiger partial charge on any atom is 0.308 e. The van der Waals surface area contributed by atoms with Crippen molar-refractivity contribution in [3.8, 4) is 28.6 Å². The number of hydrogen-bond acceptors (Lipinski definition) is 9. The number of anilines is 1. The Morgan fingerprint density at radius 1 is 1.26 bits per heavy atom. The van der Waals surface area contributed by atoms with Gasteiger partial charge in [-0.15, -0.1) is 16.8 Å².